The summed E-state index contributed by atoms with van der Waals surface area (Å²) in [6.45, 7) is 13.2. The molecule has 1 aliphatic heterocycles. The van der Waals surface area contributed by atoms with Crippen LogP contribution in [0.3, 0.4) is 0 Å². The highest BCUT2D eigenvalue weighted by Crippen LogP contribution is 2.53. The van der Waals surface area contributed by atoms with E-state index >= 15 is 0 Å². The van der Waals surface area contributed by atoms with Crippen molar-refractivity contribution in [2.75, 3.05) is 13.1 Å². The summed E-state index contributed by atoms with van der Waals surface area (Å²) >= 11 is 0. The number of ether oxygens (including phenoxy) is 3. The Bertz CT molecular complexity index is 1070. The number of esters is 1. The Labute approximate surface area is 226 Å². The minimum Gasteiger partial charge on any atom is -0.487 e. The molecule has 2 atom stereocenters. The van der Waals surface area contributed by atoms with Crippen LogP contribution in [0.4, 0.5) is 4.79 Å². The number of hydrogen-bond acceptors (Lipinski definition) is 6. The van der Waals surface area contributed by atoms with Crippen molar-refractivity contribution in [2.24, 2.45) is 5.92 Å². The monoisotopic (exact) mass is 528 g/mol. The van der Waals surface area contributed by atoms with Gasteiger partial charge in [0, 0.05) is 17.4 Å². The lowest BCUT2D eigenvalue weighted by atomic mass is 9.68. The maximum absolute atomic E-state index is 12.8. The summed E-state index contributed by atoms with van der Waals surface area (Å²) in [5.74, 6) is 0.519. The molecule has 1 aliphatic carbocycles. The van der Waals surface area contributed by atoms with Crippen molar-refractivity contribution >= 4 is 18.0 Å². The summed E-state index contributed by atoms with van der Waals surface area (Å²) in [5.41, 5.74) is 2.28. The van der Waals surface area contributed by atoms with E-state index in [1.807, 2.05) is 6.07 Å². The zero-order chi connectivity index (χ0) is 28.1. The molecule has 2 aliphatic rings. The molecule has 0 saturated carbocycles. The molecule has 2 unspecified atom stereocenters. The maximum Gasteiger partial charge on any atom is 0.408 e. The number of carbonyl (C=O) groups is 3. The fourth-order valence-corrected chi connectivity index (χ4v) is 5.23. The second-order valence-electron chi connectivity index (χ2n) is 12.0. The average molecular weight is 529 g/mol. The lowest BCUT2D eigenvalue weighted by molar-refractivity contribution is -0.135. The molecule has 8 heteroatoms. The topological polar surface area (TPSA) is 103 Å². The molecule has 3 rings (SSSR count). The van der Waals surface area contributed by atoms with Gasteiger partial charge in [-0.05, 0) is 84.9 Å². The van der Waals surface area contributed by atoms with Crippen LogP contribution in [0.1, 0.15) is 97.6 Å². The number of nitrogens with one attached hydrogen (secondary N) is 2. The van der Waals surface area contributed by atoms with Gasteiger partial charge in [0.25, 0.3) is 0 Å². The largest absolute Gasteiger partial charge is 0.487 e. The van der Waals surface area contributed by atoms with Crippen LogP contribution >= 0.6 is 0 Å². The second-order valence-corrected chi connectivity index (χ2v) is 12.0. The van der Waals surface area contributed by atoms with E-state index in [9.17, 15) is 14.4 Å². The van der Waals surface area contributed by atoms with E-state index in [1.165, 1.54) is 5.57 Å². The summed E-state index contributed by atoms with van der Waals surface area (Å²) < 4.78 is 17.5. The van der Waals surface area contributed by atoms with Gasteiger partial charge in [0.2, 0.25) is 5.91 Å². The van der Waals surface area contributed by atoms with Gasteiger partial charge in [-0.25, -0.2) is 9.59 Å². The number of fused-ring (bicyclic) bond motifs is 3. The Morgan fingerprint density at radius 1 is 1.11 bits per heavy atom. The number of aryl methyl sites for hydroxylation is 1. The smallest absolute Gasteiger partial charge is 0.408 e. The Morgan fingerprint density at radius 3 is 2.53 bits per heavy atom. The number of rotatable bonds is 9. The molecule has 8 nitrogen and oxygen atoms in total. The SMILES string of the molecule is CCCCCc1cc(OC(=O)CNC(=O)CNC(=O)OC(C)(C)C)c2c(c1)OC(C)(C)C1CCC(C)=CC21. The van der Waals surface area contributed by atoms with Crippen molar-refractivity contribution < 1.29 is 28.6 Å². The number of hydrogen-bond donors (Lipinski definition) is 2. The van der Waals surface area contributed by atoms with E-state index in [0.29, 0.717) is 5.75 Å². The standard InChI is InChI=1S/C30H44N2O6/c1-8-9-10-11-20-15-23(36-26(34)18-31-25(33)17-32-28(35)38-29(3,4)5)27-21-14-19(2)12-13-22(21)30(6,7)37-24(27)16-20/h14-16,21-22H,8-13,17-18H2,1-7H3,(H,31,33)(H,32,35). The van der Waals surface area contributed by atoms with Gasteiger partial charge < -0.3 is 24.8 Å². The highest BCUT2D eigenvalue weighted by Gasteiger charge is 2.45. The molecule has 0 bridgehead atoms. The van der Waals surface area contributed by atoms with E-state index in [2.05, 4.69) is 50.5 Å². The van der Waals surface area contributed by atoms with Crippen LogP contribution in [-0.4, -0.2) is 42.3 Å². The van der Waals surface area contributed by atoms with Crippen LogP contribution in [0.15, 0.2) is 23.8 Å². The first-order valence-electron chi connectivity index (χ1n) is 13.8. The molecule has 0 fully saturated rings. The number of alkyl carbamates (subject to hydrolysis) is 1. The third-order valence-electron chi connectivity index (χ3n) is 7.03. The van der Waals surface area contributed by atoms with Crippen molar-refractivity contribution in [1.29, 1.82) is 0 Å². The lowest BCUT2D eigenvalue weighted by Crippen LogP contribution is -2.45. The summed E-state index contributed by atoms with van der Waals surface area (Å²) in [5, 5.41) is 4.89. The van der Waals surface area contributed by atoms with Crippen LogP contribution < -0.4 is 20.1 Å². The number of allylic oxidation sites excluding steroid dienone is 2. The molecular weight excluding hydrogens is 484 g/mol. The van der Waals surface area contributed by atoms with E-state index in [4.69, 9.17) is 14.2 Å². The Morgan fingerprint density at radius 2 is 1.84 bits per heavy atom. The first-order valence-corrected chi connectivity index (χ1v) is 13.8. The number of benzene rings is 1. The minimum absolute atomic E-state index is 0.0858. The molecular formula is C30H44N2O6. The summed E-state index contributed by atoms with van der Waals surface area (Å²) in [6.07, 6.45) is 7.76. The molecule has 2 amide bonds. The predicted molar refractivity (Wildman–Crippen MR) is 146 cm³/mol. The minimum atomic E-state index is -0.699. The molecule has 0 aromatic heterocycles. The lowest BCUT2D eigenvalue weighted by Gasteiger charge is -2.46. The predicted octanol–water partition coefficient (Wildman–Crippen LogP) is 5.58. The fraction of sp³-hybridized carbons (Fsp3) is 0.633. The van der Waals surface area contributed by atoms with Crippen LogP contribution in [0.25, 0.3) is 0 Å². The molecule has 1 aromatic rings. The van der Waals surface area contributed by atoms with E-state index < -0.39 is 23.6 Å². The van der Waals surface area contributed by atoms with Gasteiger partial charge in [-0.15, -0.1) is 0 Å². The van der Waals surface area contributed by atoms with Gasteiger partial charge >= 0.3 is 12.1 Å². The van der Waals surface area contributed by atoms with Crippen LogP contribution in [0.2, 0.25) is 0 Å². The van der Waals surface area contributed by atoms with Gasteiger partial charge in [-0.1, -0.05) is 31.4 Å². The molecule has 38 heavy (non-hydrogen) atoms. The zero-order valence-corrected chi connectivity index (χ0v) is 24.0. The highest BCUT2D eigenvalue weighted by molar-refractivity contribution is 5.86. The average Bonchev–Trinajstić information content (AvgIpc) is 2.79. The number of unbranched alkanes of at least 4 members (excludes halogenated alkanes) is 2. The first kappa shape index (κ1) is 29.5. The Kier molecular flexibility index (Phi) is 9.49. The normalized spacial score (nSPS) is 19.7. The molecule has 0 saturated heterocycles. The summed E-state index contributed by atoms with van der Waals surface area (Å²) in [6, 6.07) is 4.05. The van der Waals surface area contributed by atoms with E-state index in [0.717, 1.165) is 55.4 Å². The molecule has 2 N–H and O–H groups in total. The highest BCUT2D eigenvalue weighted by atomic mass is 16.6. The van der Waals surface area contributed by atoms with Gasteiger partial charge in [0.1, 0.15) is 35.8 Å². The van der Waals surface area contributed by atoms with Crippen molar-refractivity contribution in [2.45, 2.75) is 104 Å². The molecule has 1 aromatic carbocycles. The van der Waals surface area contributed by atoms with Gasteiger partial charge in [-0.3, -0.25) is 4.79 Å². The molecule has 210 valence electrons. The van der Waals surface area contributed by atoms with Gasteiger partial charge in [-0.2, -0.15) is 0 Å². The molecule has 0 spiro atoms. The Balaban J connectivity index is 1.75. The summed E-state index contributed by atoms with van der Waals surface area (Å²) in [7, 11) is 0. The Hall–Kier alpha value is -3.03. The molecule has 1 heterocycles. The van der Waals surface area contributed by atoms with Crippen molar-refractivity contribution in [3.63, 3.8) is 0 Å². The fourth-order valence-electron chi connectivity index (χ4n) is 5.23. The third kappa shape index (κ3) is 7.98. The zero-order valence-electron chi connectivity index (χ0n) is 24.0. The van der Waals surface area contributed by atoms with Crippen LogP contribution in [0.5, 0.6) is 11.5 Å². The van der Waals surface area contributed by atoms with E-state index in [1.54, 1.807) is 20.8 Å². The number of carbonyl (C=O) groups excluding carboxylic acids is 3. The van der Waals surface area contributed by atoms with Crippen LogP contribution in [0, 0.1) is 5.92 Å². The van der Waals surface area contributed by atoms with Crippen molar-refractivity contribution in [3.8, 4) is 11.5 Å². The van der Waals surface area contributed by atoms with Crippen LogP contribution in [-0.2, 0) is 20.7 Å². The van der Waals surface area contributed by atoms with Gasteiger partial charge in [0.05, 0.1) is 0 Å². The van der Waals surface area contributed by atoms with Crippen molar-refractivity contribution in [1.82, 2.24) is 10.6 Å². The maximum atomic E-state index is 12.8. The van der Waals surface area contributed by atoms with Crippen molar-refractivity contribution in [3.05, 3.63) is 34.9 Å². The van der Waals surface area contributed by atoms with Gasteiger partial charge in [0.15, 0.2) is 0 Å². The second kappa shape index (κ2) is 12.2. The summed E-state index contributed by atoms with van der Waals surface area (Å²) in [4.78, 5) is 36.8. The number of amides is 2. The molecule has 0 radical (unpaired) electrons. The first-order chi connectivity index (χ1) is 17.8. The third-order valence-corrected chi connectivity index (χ3v) is 7.03. The van der Waals surface area contributed by atoms with E-state index in [-0.39, 0.29) is 30.5 Å². The quantitative estimate of drug-likeness (QED) is 0.188.